The molecule has 4 saturated heterocycles. The van der Waals surface area contributed by atoms with Gasteiger partial charge in [0.1, 0.15) is 36.6 Å². The summed E-state index contributed by atoms with van der Waals surface area (Å²) in [5.74, 6) is -0.434. The molecule has 0 aliphatic carbocycles. The van der Waals surface area contributed by atoms with Crippen molar-refractivity contribution in [3.63, 3.8) is 0 Å². The van der Waals surface area contributed by atoms with Gasteiger partial charge in [0.15, 0.2) is 16.6 Å². The van der Waals surface area contributed by atoms with Crippen molar-refractivity contribution < 1.29 is 125 Å². The van der Waals surface area contributed by atoms with Gasteiger partial charge in [-0.05, 0) is 220 Å². The molecule has 141 heavy (non-hydrogen) atoms. The first-order valence-corrected chi connectivity index (χ1v) is 57.9. The van der Waals surface area contributed by atoms with Gasteiger partial charge < -0.3 is 96.5 Å². The van der Waals surface area contributed by atoms with Gasteiger partial charge in [-0.1, -0.05) is 236 Å². The standard InChI is InChI=1S/C36H62O8Si.C30H48O8.C24H41IO5Si.C18H33BO5.3CH4/c1-13-29(38)26(5)34-31(42-34)22-36(10,40)20-14-15-24(3)33-25(4)17-19-30(41-27(6)37)23(2)16-18-28(21-32(39)43-33)44-45(11,12)35(7,8)9;1-8-24(33)21(5)29-26(37-29)17-30(7,35)15-9-10-19(3)28-20(4)12-14-25(36-22(6)31)18(2)11-13-23(32)16-27(34)38-28;1-16-10-12-20(30-31(8,9)24(5,6)7)14-22(27)29-23(18(3)15-25)17(2)11-13-21(16)28-19(4)26;1-8-13(20)12(2)15-14(22-15)11-18(7,21)9-10-19-23-16(3,4)17(5,6)24-19;;;/h14-15,17,19-20,23,25-26,28-31,33-34,38,40H,13,16,18,21-22H2,1-12H3;9-10,12,14-15,18,20-21,23-26,28-29,32-33,35H,8,11,13,16-17H2,1-7H3;11,13,15-17,20-21,23H,10,12,14H2,1-9H3;9-10,12-15,20-21H,8,11H2,1-7H3;3*1H4/b19-17+,20-14+,24-15+;14-12+,15-9+,19-10+;13-11+,18-15+;10-9+;;;/t23-,25-,26+,28+,29-,30-,31+,33+,34+,36-;18-,20-,21+,23+,24-,25-,26+,28+,29+,30-;16-,17-,20+,21-,23-;12-,13+,14-,15-,18+;;;/m0001.../s1. The van der Waals surface area contributed by atoms with Gasteiger partial charge in [-0.25, -0.2) is 0 Å². The first-order valence-electron chi connectivity index (χ1n) is 50.9. The molecule has 7 N–H and O–H groups in total. The number of hydrogen-bond donors (Lipinski definition) is 7. The number of aliphatic hydroxyl groups excluding tert-OH is 4. The van der Waals surface area contributed by atoms with E-state index < -0.39 is 89.3 Å². The van der Waals surface area contributed by atoms with Crippen LogP contribution >= 0.6 is 22.6 Å². The minimum Gasteiger partial charge on any atom is -0.458 e. The topological polar surface area (TPSA) is 374 Å². The molecule has 0 aromatic carbocycles. The molecule has 0 radical (unpaired) electrons. The minimum absolute atomic E-state index is 0. The van der Waals surface area contributed by atoms with Gasteiger partial charge in [0.05, 0.1) is 121 Å². The summed E-state index contributed by atoms with van der Waals surface area (Å²) in [6.07, 6.45) is 26.0. The van der Waals surface area contributed by atoms with Crippen LogP contribution in [0.15, 0.2) is 106 Å². The van der Waals surface area contributed by atoms with Crippen LogP contribution < -0.4 is 0 Å². The smallest absolute Gasteiger partial charge is 0.458 e. The van der Waals surface area contributed by atoms with E-state index in [-0.39, 0.29) is 213 Å². The molecule has 0 aromatic heterocycles. The number of carbonyl (C=O) groups excluding carboxylic acids is 6. The number of esters is 6. The maximum absolute atomic E-state index is 13.4. The van der Waals surface area contributed by atoms with E-state index in [1.165, 1.54) is 20.8 Å². The lowest BCUT2D eigenvalue weighted by molar-refractivity contribution is -0.152. The van der Waals surface area contributed by atoms with E-state index >= 15 is 0 Å². The van der Waals surface area contributed by atoms with Gasteiger partial charge in [-0.15, -0.1) is 0 Å². The van der Waals surface area contributed by atoms with Gasteiger partial charge in [0.2, 0.25) is 0 Å². The number of hydrogen-bond acceptors (Lipinski definition) is 26. The highest BCUT2D eigenvalue weighted by Crippen LogP contribution is 2.45. The molecule has 7 aliphatic heterocycles. The molecule has 0 spiro atoms. The maximum Gasteiger partial charge on any atom is 0.486 e. The Morgan fingerprint density at radius 1 is 0.461 bits per heavy atom. The fourth-order valence-electron chi connectivity index (χ4n) is 17.2. The van der Waals surface area contributed by atoms with Crippen LogP contribution in [0.25, 0.3) is 0 Å². The van der Waals surface area contributed by atoms with Gasteiger partial charge in [0.25, 0.3) is 0 Å². The highest BCUT2D eigenvalue weighted by molar-refractivity contribution is 14.1. The molecule has 0 aromatic rings. The summed E-state index contributed by atoms with van der Waals surface area (Å²) in [7, 11) is -4.68. The zero-order chi connectivity index (χ0) is 105. The Morgan fingerprint density at radius 3 is 1.01 bits per heavy atom. The second-order valence-corrected chi connectivity index (χ2v) is 55.7. The Morgan fingerprint density at radius 2 is 0.738 bits per heavy atom. The van der Waals surface area contributed by atoms with E-state index in [1.54, 1.807) is 63.2 Å². The summed E-state index contributed by atoms with van der Waals surface area (Å²) < 4.78 is 78.9. The van der Waals surface area contributed by atoms with Crippen molar-refractivity contribution in [1.29, 1.82) is 0 Å². The van der Waals surface area contributed by atoms with E-state index in [0.29, 0.717) is 57.8 Å². The van der Waals surface area contributed by atoms with Gasteiger partial charge in [-0.2, -0.15) is 0 Å². The second kappa shape index (κ2) is 58.9. The number of epoxide rings is 3. The third-order valence-electron chi connectivity index (χ3n) is 29.5. The lowest BCUT2D eigenvalue weighted by atomic mass is 9.85. The third kappa shape index (κ3) is 45.6. The predicted molar refractivity (Wildman–Crippen MR) is 577 cm³/mol. The fraction of sp³-hybridized carbons (Fsp3) is 0.784. The van der Waals surface area contributed by atoms with Crippen molar-refractivity contribution in [1.82, 2.24) is 0 Å². The number of cyclic esters (lactones) is 3. The first-order chi connectivity index (χ1) is 63.5. The van der Waals surface area contributed by atoms with E-state index in [2.05, 4.69) is 104 Å². The summed E-state index contributed by atoms with van der Waals surface area (Å²) in [4.78, 5) is 74.2. The SMILES string of the molecule is C.C.C.CC(=O)O[C@H]1/C=C/[C@H](C)[C@@H](/C(C)=C/I)OC(=O)C[C@H](O[Si](C)(C)C(C)(C)C)CC[C@@H]1C.CC[C@H](O)[C@@H](C)[C@H]1O[C@@H]1C[C@@](C)(O)/C=C/B1OC(C)(C)C(C)(C)O1.CC[C@H](O)[C@@H](C)[C@H]1O[C@@H]1C[C@@](C)(O)/C=C/C=C(\C)[C@H]1OC(=O)C[C@H](O)CC[C@H](C)[C@@H](OC(C)=O)/C=C/[C@@H]1C.CC[C@H](O)[C@@H](C)[C@H]1O[C@@H]1C[C@@](C)(O)/C=C/C=C(\C)[C@H]1OC(=O)C[C@H](O[Si](C)(C)C(C)(C)C)CC[C@H](C)[C@@H](OC(C)=O)/C=C/[C@@H]1C. The Hall–Kier alpha value is -4.85. The van der Waals surface area contributed by atoms with Crippen molar-refractivity contribution >= 4 is 82.2 Å². The van der Waals surface area contributed by atoms with E-state index in [4.69, 9.17) is 60.8 Å². The largest absolute Gasteiger partial charge is 0.486 e. The van der Waals surface area contributed by atoms with Gasteiger partial charge >= 0.3 is 42.9 Å². The van der Waals surface area contributed by atoms with Crippen molar-refractivity contribution in [2.24, 2.45) is 53.3 Å². The molecule has 0 unspecified atom stereocenters. The molecule has 30 atom stereocenters. The maximum atomic E-state index is 13.4. The van der Waals surface area contributed by atoms with Crippen LogP contribution in [0, 0.1) is 53.3 Å². The zero-order valence-electron chi connectivity index (χ0n) is 90.7. The number of carbonyl (C=O) groups is 6. The molecule has 0 bridgehead atoms. The molecular weight excluding hydrogens is 1940 g/mol. The van der Waals surface area contributed by atoms with Crippen LogP contribution in [0.3, 0.4) is 0 Å². The molecular formula is C111H196BIO26Si2. The number of allylic oxidation sites excluding steroid dienone is 4. The average Bonchev–Trinajstić information content (AvgIpc) is 1.63. The van der Waals surface area contributed by atoms with Crippen molar-refractivity contribution in [3.8, 4) is 0 Å². The Balaban J connectivity index is 0.000000954. The molecule has 0 amide bonds. The van der Waals surface area contributed by atoms with Crippen LogP contribution in [-0.2, 0) is 89.6 Å². The van der Waals surface area contributed by atoms with Crippen molar-refractivity contribution in [2.45, 2.75) is 507 Å². The summed E-state index contributed by atoms with van der Waals surface area (Å²) in [6, 6.07) is 0. The predicted octanol–water partition coefficient (Wildman–Crippen LogP) is 22.0. The molecule has 26 nitrogen and oxygen atoms in total. The average molecular weight is 2140 g/mol. The van der Waals surface area contributed by atoms with E-state index in [1.807, 2.05) is 164 Å². The van der Waals surface area contributed by atoms with E-state index in [0.717, 1.165) is 36.0 Å². The molecule has 7 rings (SSSR count). The summed E-state index contributed by atoms with van der Waals surface area (Å²) in [5.41, 5.74) is -1.41. The van der Waals surface area contributed by atoms with E-state index in [9.17, 15) is 64.5 Å². The zero-order valence-corrected chi connectivity index (χ0v) is 94.9. The van der Waals surface area contributed by atoms with Crippen molar-refractivity contribution in [3.05, 3.63) is 106 Å². The van der Waals surface area contributed by atoms with Crippen LogP contribution in [0.5, 0.6) is 0 Å². The van der Waals surface area contributed by atoms with Gasteiger partial charge in [0, 0.05) is 75.5 Å². The lowest BCUT2D eigenvalue weighted by Crippen LogP contribution is -2.45. The molecule has 7 heterocycles. The number of aliphatic hydroxyl groups is 7. The quantitative estimate of drug-likeness (QED) is 0.00645. The van der Waals surface area contributed by atoms with Crippen LogP contribution in [0.4, 0.5) is 0 Å². The fourth-order valence-corrected chi connectivity index (χ4v) is 20.3. The third-order valence-corrected chi connectivity index (χ3v) is 39.6. The van der Waals surface area contributed by atoms with Crippen LogP contribution in [0.2, 0.25) is 36.3 Å². The van der Waals surface area contributed by atoms with Crippen LogP contribution in [0.1, 0.15) is 333 Å². The highest BCUT2D eigenvalue weighted by atomic mass is 127. The molecule has 814 valence electrons. The number of halogens is 1. The Kier molecular flexibility index (Phi) is 56.1. The molecule has 30 heteroatoms. The monoisotopic (exact) mass is 2140 g/mol. The van der Waals surface area contributed by atoms with Crippen molar-refractivity contribution in [2.75, 3.05) is 0 Å². The molecule has 7 aliphatic rings. The number of ether oxygens (including phenoxy) is 9. The minimum atomic E-state index is -2.16. The Bertz CT molecular complexity index is 4100. The first kappa shape index (κ1) is 134. The Labute approximate surface area is 868 Å². The summed E-state index contributed by atoms with van der Waals surface area (Å²) >= 11 is 2.17. The van der Waals surface area contributed by atoms with Crippen LogP contribution in [-0.4, -0.2) is 233 Å². The summed E-state index contributed by atoms with van der Waals surface area (Å²) in [6.45, 7) is 68.9. The molecule has 4 fully saturated rings. The summed E-state index contributed by atoms with van der Waals surface area (Å²) in [5, 5.41) is 73.0. The second-order valence-electron chi connectivity index (χ2n) is 45.6. The normalized spacial score (nSPS) is 32.3. The highest BCUT2D eigenvalue weighted by Gasteiger charge is 2.53. The molecule has 0 saturated carbocycles. The number of rotatable bonds is 31. The lowest BCUT2D eigenvalue weighted by Gasteiger charge is -2.39. The van der Waals surface area contributed by atoms with Gasteiger partial charge in [-0.3, -0.25) is 28.8 Å².